The minimum atomic E-state index is 0.213. The van der Waals surface area contributed by atoms with E-state index in [-0.39, 0.29) is 5.75 Å². The first kappa shape index (κ1) is 13.8. The number of benzene rings is 2. The summed E-state index contributed by atoms with van der Waals surface area (Å²) in [7, 11) is 0. The third-order valence-corrected chi connectivity index (χ3v) is 4.17. The molecular formula is C16H13BrN2O2. The van der Waals surface area contributed by atoms with E-state index >= 15 is 0 Å². The van der Waals surface area contributed by atoms with Crippen LogP contribution in [-0.2, 0) is 0 Å². The van der Waals surface area contributed by atoms with Crippen LogP contribution in [0.3, 0.4) is 0 Å². The SMILES string of the molecule is Cc1ccc(-c2nc(-c3ccc(C)c(Br)c3)no2)cc1O. The monoisotopic (exact) mass is 344 g/mol. The first-order valence-electron chi connectivity index (χ1n) is 6.45. The van der Waals surface area contributed by atoms with Crippen LogP contribution in [0.15, 0.2) is 45.4 Å². The molecule has 0 spiro atoms. The Morgan fingerprint density at radius 3 is 2.43 bits per heavy atom. The first-order valence-corrected chi connectivity index (χ1v) is 7.24. The number of hydrogen-bond donors (Lipinski definition) is 1. The van der Waals surface area contributed by atoms with Crippen molar-refractivity contribution < 1.29 is 9.63 Å². The van der Waals surface area contributed by atoms with Crippen LogP contribution in [0.2, 0.25) is 0 Å². The first-order chi connectivity index (χ1) is 10.0. The lowest BCUT2D eigenvalue weighted by atomic mass is 10.1. The molecule has 0 amide bonds. The fourth-order valence-corrected chi connectivity index (χ4v) is 2.31. The fraction of sp³-hybridized carbons (Fsp3) is 0.125. The Morgan fingerprint density at radius 2 is 1.71 bits per heavy atom. The van der Waals surface area contributed by atoms with E-state index in [1.165, 1.54) is 0 Å². The molecule has 21 heavy (non-hydrogen) atoms. The smallest absolute Gasteiger partial charge is 0.258 e. The molecule has 0 unspecified atom stereocenters. The van der Waals surface area contributed by atoms with Crippen molar-refractivity contribution in [3.8, 4) is 28.6 Å². The molecule has 0 aliphatic rings. The van der Waals surface area contributed by atoms with Crippen molar-refractivity contribution in [3.63, 3.8) is 0 Å². The van der Waals surface area contributed by atoms with Gasteiger partial charge in [-0.25, -0.2) is 0 Å². The van der Waals surface area contributed by atoms with Gasteiger partial charge < -0.3 is 9.63 Å². The molecule has 3 rings (SSSR count). The van der Waals surface area contributed by atoms with Crippen LogP contribution in [0, 0.1) is 13.8 Å². The van der Waals surface area contributed by atoms with Crippen molar-refractivity contribution in [1.82, 2.24) is 10.1 Å². The summed E-state index contributed by atoms with van der Waals surface area (Å²) >= 11 is 3.49. The van der Waals surface area contributed by atoms with Gasteiger partial charge in [0, 0.05) is 15.6 Å². The van der Waals surface area contributed by atoms with E-state index in [1.54, 1.807) is 6.07 Å². The number of phenols is 1. The van der Waals surface area contributed by atoms with E-state index < -0.39 is 0 Å². The molecule has 0 atom stereocenters. The van der Waals surface area contributed by atoms with Crippen LogP contribution >= 0.6 is 15.9 Å². The molecule has 4 nitrogen and oxygen atoms in total. The lowest BCUT2D eigenvalue weighted by Crippen LogP contribution is -1.84. The second-order valence-electron chi connectivity index (χ2n) is 4.89. The summed E-state index contributed by atoms with van der Waals surface area (Å²) in [5, 5.41) is 13.8. The molecule has 0 saturated carbocycles. The summed E-state index contributed by atoms with van der Waals surface area (Å²) in [5.74, 6) is 1.12. The molecule has 1 aromatic heterocycles. The highest BCUT2D eigenvalue weighted by Crippen LogP contribution is 2.28. The molecule has 0 radical (unpaired) electrons. The van der Waals surface area contributed by atoms with Gasteiger partial charge in [0.25, 0.3) is 5.89 Å². The number of hydrogen-bond acceptors (Lipinski definition) is 4. The predicted octanol–water partition coefficient (Wildman–Crippen LogP) is 4.49. The lowest BCUT2D eigenvalue weighted by Gasteiger charge is -2.00. The van der Waals surface area contributed by atoms with Gasteiger partial charge >= 0.3 is 0 Å². The van der Waals surface area contributed by atoms with E-state index in [4.69, 9.17) is 4.52 Å². The van der Waals surface area contributed by atoms with Crippen molar-refractivity contribution in [2.75, 3.05) is 0 Å². The molecule has 0 aliphatic carbocycles. The van der Waals surface area contributed by atoms with Crippen molar-refractivity contribution in [2.24, 2.45) is 0 Å². The number of halogens is 1. The van der Waals surface area contributed by atoms with Gasteiger partial charge in [0.2, 0.25) is 5.82 Å². The Balaban J connectivity index is 1.99. The van der Waals surface area contributed by atoms with Gasteiger partial charge in [0.1, 0.15) is 5.75 Å². The molecule has 1 N–H and O–H groups in total. The maximum Gasteiger partial charge on any atom is 0.258 e. The highest BCUT2D eigenvalue weighted by molar-refractivity contribution is 9.10. The molecule has 0 fully saturated rings. The quantitative estimate of drug-likeness (QED) is 0.744. The summed E-state index contributed by atoms with van der Waals surface area (Å²) in [4.78, 5) is 4.38. The Labute approximate surface area is 130 Å². The van der Waals surface area contributed by atoms with E-state index in [0.29, 0.717) is 17.3 Å². The molecule has 0 saturated heterocycles. The maximum atomic E-state index is 9.76. The van der Waals surface area contributed by atoms with Crippen LogP contribution < -0.4 is 0 Å². The van der Waals surface area contributed by atoms with E-state index in [0.717, 1.165) is 21.2 Å². The zero-order valence-corrected chi connectivity index (χ0v) is 13.2. The largest absolute Gasteiger partial charge is 0.508 e. The minimum Gasteiger partial charge on any atom is -0.508 e. The van der Waals surface area contributed by atoms with Crippen LogP contribution in [0.4, 0.5) is 0 Å². The number of phenolic OH excluding ortho intramolecular Hbond substituents is 1. The molecule has 0 aliphatic heterocycles. The van der Waals surface area contributed by atoms with E-state index in [2.05, 4.69) is 26.1 Å². The summed E-state index contributed by atoms with van der Waals surface area (Å²) in [5.41, 5.74) is 3.52. The molecule has 2 aromatic carbocycles. The standard InChI is InChI=1S/C16H13BrN2O2/c1-9-3-5-11(7-13(9)17)15-18-16(21-19-15)12-6-4-10(2)14(20)8-12/h3-8,20H,1-2H3. The van der Waals surface area contributed by atoms with E-state index in [1.807, 2.05) is 44.2 Å². The van der Waals surface area contributed by atoms with Crippen LogP contribution in [0.25, 0.3) is 22.8 Å². The lowest BCUT2D eigenvalue weighted by molar-refractivity contribution is 0.431. The Bertz CT molecular complexity index is 746. The topological polar surface area (TPSA) is 59.2 Å². The second kappa shape index (κ2) is 5.33. The van der Waals surface area contributed by atoms with Crippen molar-refractivity contribution >= 4 is 15.9 Å². The van der Waals surface area contributed by atoms with Gasteiger partial charge in [0.15, 0.2) is 0 Å². The normalized spacial score (nSPS) is 10.8. The number of nitrogens with zero attached hydrogens (tertiary/aromatic N) is 2. The molecule has 1 heterocycles. The number of aryl methyl sites for hydroxylation is 2. The third-order valence-electron chi connectivity index (χ3n) is 3.31. The Morgan fingerprint density at radius 1 is 1.00 bits per heavy atom. The summed E-state index contributed by atoms with van der Waals surface area (Å²) in [6.07, 6.45) is 0. The summed E-state index contributed by atoms with van der Waals surface area (Å²) in [6, 6.07) is 11.2. The molecular weight excluding hydrogens is 332 g/mol. The maximum absolute atomic E-state index is 9.76. The summed E-state index contributed by atoms with van der Waals surface area (Å²) in [6.45, 7) is 3.85. The predicted molar refractivity (Wildman–Crippen MR) is 84.0 cm³/mol. The molecule has 3 aromatic rings. The third kappa shape index (κ3) is 2.69. The van der Waals surface area contributed by atoms with Crippen molar-refractivity contribution in [2.45, 2.75) is 13.8 Å². The summed E-state index contributed by atoms with van der Waals surface area (Å²) < 4.78 is 6.28. The van der Waals surface area contributed by atoms with Crippen molar-refractivity contribution in [1.29, 1.82) is 0 Å². The van der Waals surface area contributed by atoms with Gasteiger partial charge in [-0.3, -0.25) is 0 Å². The number of aromatic hydroxyl groups is 1. The Kier molecular flexibility index (Phi) is 3.51. The number of rotatable bonds is 2. The van der Waals surface area contributed by atoms with E-state index in [9.17, 15) is 5.11 Å². The van der Waals surface area contributed by atoms with Crippen LogP contribution in [-0.4, -0.2) is 15.2 Å². The van der Waals surface area contributed by atoms with Gasteiger partial charge in [0.05, 0.1) is 0 Å². The Hall–Kier alpha value is -2.14. The second-order valence-corrected chi connectivity index (χ2v) is 5.74. The minimum absolute atomic E-state index is 0.213. The average Bonchev–Trinajstić information content (AvgIpc) is 2.94. The number of aromatic nitrogens is 2. The van der Waals surface area contributed by atoms with Crippen LogP contribution in [0.1, 0.15) is 11.1 Å². The molecule has 106 valence electrons. The van der Waals surface area contributed by atoms with Gasteiger partial charge in [-0.2, -0.15) is 4.98 Å². The zero-order chi connectivity index (χ0) is 15.0. The van der Waals surface area contributed by atoms with Gasteiger partial charge in [-0.1, -0.05) is 39.3 Å². The van der Waals surface area contributed by atoms with Gasteiger partial charge in [-0.05, 0) is 43.2 Å². The molecule has 0 bridgehead atoms. The van der Waals surface area contributed by atoms with Gasteiger partial charge in [-0.15, -0.1) is 0 Å². The molecule has 5 heteroatoms. The fourth-order valence-electron chi connectivity index (χ4n) is 1.93. The van der Waals surface area contributed by atoms with Crippen LogP contribution in [0.5, 0.6) is 5.75 Å². The highest BCUT2D eigenvalue weighted by Gasteiger charge is 2.12. The average molecular weight is 345 g/mol. The zero-order valence-electron chi connectivity index (χ0n) is 11.6. The van der Waals surface area contributed by atoms with Crippen molar-refractivity contribution in [3.05, 3.63) is 52.0 Å². The highest BCUT2D eigenvalue weighted by atomic mass is 79.9.